The van der Waals surface area contributed by atoms with Crippen molar-refractivity contribution in [2.75, 3.05) is 31.1 Å². The molecule has 1 atom stereocenters. The first-order valence-corrected chi connectivity index (χ1v) is 10.1. The summed E-state index contributed by atoms with van der Waals surface area (Å²) in [5.74, 6) is 1.79. The number of carbonyl (C=O) groups is 1. The highest BCUT2D eigenvalue weighted by atomic mass is 16.5. The number of carbonyl (C=O) groups excluding carboxylic acids is 1. The molecule has 0 radical (unpaired) electrons. The number of hydrogen-bond acceptors (Lipinski definition) is 6. The lowest BCUT2D eigenvalue weighted by atomic mass is 10.1. The van der Waals surface area contributed by atoms with Crippen LogP contribution in [0, 0.1) is 5.92 Å². The van der Waals surface area contributed by atoms with Crippen LogP contribution in [-0.2, 0) is 0 Å². The van der Waals surface area contributed by atoms with Crippen molar-refractivity contribution in [1.82, 2.24) is 30.5 Å². The van der Waals surface area contributed by atoms with E-state index in [9.17, 15) is 4.79 Å². The van der Waals surface area contributed by atoms with Crippen LogP contribution < -0.4 is 9.64 Å². The molecule has 1 unspecified atom stereocenters. The number of H-pyrrole nitrogens is 1. The Labute approximate surface area is 175 Å². The first kappa shape index (κ1) is 19.8. The molecule has 156 valence electrons. The van der Waals surface area contributed by atoms with Crippen LogP contribution in [0.1, 0.15) is 19.8 Å². The van der Waals surface area contributed by atoms with Crippen LogP contribution in [0.3, 0.4) is 0 Å². The molecule has 4 rings (SSSR count). The van der Waals surface area contributed by atoms with Crippen LogP contribution in [0.5, 0.6) is 5.75 Å². The number of nitrogens with one attached hydrogen (secondary N) is 1. The van der Waals surface area contributed by atoms with Gasteiger partial charge in [0.05, 0.1) is 6.61 Å². The van der Waals surface area contributed by atoms with Gasteiger partial charge in [0, 0.05) is 43.3 Å². The van der Waals surface area contributed by atoms with Gasteiger partial charge >= 0.3 is 6.03 Å². The largest absolute Gasteiger partial charge is 0.494 e. The molecule has 2 amide bonds. The minimum atomic E-state index is 0.0750. The fraction of sp³-hybridized carbons (Fsp3) is 0.381. The Bertz CT molecular complexity index is 932. The van der Waals surface area contributed by atoms with E-state index in [-0.39, 0.29) is 6.03 Å². The predicted octanol–water partition coefficient (Wildman–Crippen LogP) is 3.00. The summed E-state index contributed by atoms with van der Waals surface area (Å²) in [7, 11) is 0. The lowest BCUT2D eigenvalue weighted by Crippen LogP contribution is -2.34. The number of aromatic nitrogens is 5. The monoisotopic (exact) mass is 407 g/mol. The molecule has 0 saturated carbocycles. The number of anilines is 1. The van der Waals surface area contributed by atoms with E-state index in [1.54, 1.807) is 12.4 Å². The molecular formula is C21H25N7O2. The Morgan fingerprint density at radius 1 is 1.13 bits per heavy atom. The van der Waals surface area contributed by atoms with Gasteiger partial charge in [-0.15, -0.1) is 10.2 Å². The topological polar surface area (TPSA) is 100 Å². The highest BCUT2D eigenvalue weighted by Gasteiger charge is 2.30. The van der Waals surface area contributed by atoms with Crippen LogP contribution in [0.25, 0.3) is 11.4 Å². The van der Waals surface area contributed by atoms with Gasteiger partial charge < -0.3 is 9.64 Å². The number of benzene rings is 1. The van der Waals surface area contributed by atoms with Gasteiger partial charge in [-0.2, -0.15) is 5.21 Å². The van der Waals surface area contributed by atoms with E-state index >= 15 is 0 Å². The van der Waals surface area contributed by atoms with Crippen LogP contribution in [0.15, 0.2) is 48.8 Å². The van der Waals surface area contributed by atoms with E-state index in [0.29, 0.717) is 18.3 Å². The predicted molar refractivity (Wildman–Crippen MR) is 112 cm³/mol. The average molecular weight is 407 g/mol. The van der Waals surface area contributed by atoms with E-state index in [1.165, 1.54) is 0 Å². The van der Waals surface area contributed by atoms with Crippen LogP contribution in [0.4, 0.5) is 10.5 Å². The lowest BCUT2D eigenvalue weighted by Gasteiger charge is -2.22. The zero-order valence-corrected chi connectivity index (χ0v) is 16.9. The average Bonchev–Trinajstić information content (AvgIpc) is 3.43. The third kappa shape index (κ3) is 4.73. The van der Waals surface area contributed by atoms with Crippen molar-refractivity contribution in [3.8, 4) is 17.1 Å². The number of nitrogens with zero attached hydrogens (tertiary/aromatic N) is 6. The number of urea groups is 1. The molecule has 9 heteroatoms. The Balaban J connectivity index is 1.17. The van der Waals surface area contributed by atoms with Gasteiger partial charge in [0.1, 0.15) is 5.75 Å². The molecule has 3 aromatic rings. The molecule has 3 heterocycles. The third-order valence-corrected chi connectivity index (χ3v) is 5.17. The minimum Gasteiger partial charge on any atom is -0.494 e. The molecule has 0 spiro atoms. The number of hydrogen-bond donors (Lipinski definition) is 1. The lowest BCUT2D eigenvalue weighted by molar-refractivity contribution is 0.209. The van der Waals surface area contributed by atoms with Crippen molar-refractivity contribution in [2.45, 2.75) is 19.8 Å². The second kappa shape index (κ2) is 9.34. The number of aromatic amines is 1. The maximum Gasteiger partial charge on any atom is 0.324 e. The van der Waals surface area contributed by atoms with Crippen molar-refractivity contribution in [1.29, 1.82) is 0 Å². The Morgan fingerprint density at radius 3 is 2.67 bits per heavy atom. The Kier molecular flexibility index (Phi) is 6.17. The number of pyridine rings is 1. The molecule has 30 heavy (non-hydrogen) atoms. The van der Waals surface area contributed by atoms with Crippen molar-refractivity contribution >= 4 is 11.7 Å². The fourth-order valence-corrected chi connectivity index (χ4v) is 3.59. The highest BCUT2D eigenvalue weighted by molar-refractivity contribution is 5.94. The third-order valence-electron chi connectivity index (χ3n) is 5.17. The summed E-state index contributed by atoms with van der Waals surface area (Å²) in [6.07, 6.45) is 5.36. The molecule has 2 aromatic heterocycles. The van der Waals surface area contributed by atoms with Crippen molar-refractivity contribution in [3.63, 3.8) is 0 Å². The van der Waals surface area contributed by atoms with Gasteiger partial charge in [-0.05, 0) is 60.4 Å². The molecule has 1 aliphatic heterocycles. The van der Waals surface area contributed by atoms with Crippen LogP contribution >= 0.6 is 0 Å². The summed E-state index contributed by atoms with van der Waals surface area (Å²) in [4.78, 5) is 20.4. The summed E-state index contributed by atoms with van der Waals surface area (Å²) >= 11 is 0. The molecule has 1 saturated heterocycles. The number of amides is 2. The second-order valence-corrected chi connectivity index (χ2v) is 7.44. The summed E-state index contributed by atoms with van der Waals surface area (Å²) in [5.41, 5.74) is 1.80. The van der Waals surface area contributed by atoms with Gasteiger partial charge in [-0.1, -0.05) is 6.92 Å². The van der Waals surface area contributed by atoms with E-state index < -0.39 is 0 Å². The van der Waals surface area contributed by atoms with E-state index in [2.05, 4.69) is 32.5 Å². The van der Waals surface area contributed by atoms with Gasteiger partial charge in [0.25, 0.3) is 0 Å². The molecule has 9 nitrogen and oxygen atoms in total. The van der Waals surface area contributed by atoms with Crippen LogP contribution in [-0.4, -0.2) is 62.8 Å². The minimum absolute atomic E-state index is 0.0750. The van der Waals surface area contributed by atoms with Crippen molar-refractivity contribution in [3.05, 3.63) is 48.8 Å². The van der Waals surface area contributed by atoms with E-state index in [1.807, 2.05) is 46.2 Å². The summed E-state index contributed by atoms with van der Waals surface area (Å²) < 4.78 is 5.84. The Hall–Kier alpha value is -3.49. The van der Waals surface area contributed by atoms with Gasteiger partial charge in [0.2, 0.25) is 5.82 Å². The highest BCUT2D eigenvalue weighted by Crippen LogP contribution is 2.22. The summed E-state index contributed by atoms with van der Waals surface area (Å²) in [6, 6.07) is 11.5. The smallest absolute Gasteiger partial charge is 0.324 e. The van der Waals surface area contributed by atoms with Gasteiger partial charge in [-0.3, -0.25) is 9.88 Å². The maximum absolute atomic E-state index is 12.7. The first-order chi connectivity index (χ1) is 14.7. The molecule has 0 aliphatic carbocycles. The van der Waals surface area contributed by atoms with Crippen molar-refractivity contribution in [2.24, 2.45) is 5.92 Å². The first-order valence-electron chi connectivity index (χ1n) is 10.1. The molecule has 1 fully saturated rings. The van der Waals surface area contributed by atoms with Crippen molar-refractivity contribution < 1.29 is 9.53 Å². The SMILES string of the molecule is CC(CCCOc1ccc(-c2nn[nH]n2)cc1)CN1CCN(c2ccncc2)C1=O. The quantitative estimate of drug-likeness (QED) is 0.547. The molecule has 0 bridgehead atoms. The molecular weight excluding hydrogens is 382 g/mol. The summed E-state index contributed by atoms with van der Waals surface area (Å²) in [6.45, 7) is 5.07. The van der Waals surface area contributed by atoms with E-state index in [4.69, 9.17) is 4.74 Å². The zero-order valence-electron chi connectivity index (χ0n) is 16.9. The number of rotatable bonds is 9. The standard InChI is InChI=1S/C21H25N7O2/c1-16(15-27-12-13-28(21(27)29)18-8-10-22-11-9-18)3-2-14-30-19-6-4-17(5-7-19)20-23-25-26-24-20/h4-11,16H,2-3,12-15H2,1H3,(H,23,24,25,26). The van der Waals surface area contributed by atoms with Crippen LogP contribution in [0.2, 0.25) is 0 Å². The fourth-order valence-electron chi connectivity index (χ4n) is 3.59. The van der Waals surface area contributed by atoms with E-state index in [0.717, 1.165) is 49.5 Å². The maximum atomic E-state index is 12.7. The Morgan fingerprint density at radius 2 is 1.93 bits per heavy atom. The normalized spacial score (nSPS) is 14.9. The zero-order chi connectivity index (χ0) is 20.8. The number of ether oxygens (including phenoxy) is 1. The number of tetrazole rings is 1. The van der Waals surface area contributed by atoms with Gasteiger partial charge in [-0.25, -0.2) is 4.79 Å². The molecule has 1 aromatic carbocycles. The van der Waals surface area contributed by atoms with Gasteiger partial charge in [0.15, 0.2) is 0 Å². The molecule has 1 N–H and O–H groups in total. The second-order valence-electron chi connectivity index (χ2n) is 7.44. The summed E-state index contributed by atoms with van der Waals surface area (Å²) in [5, 5.41) is 13.9. The molecule has 1 aliphatic rings.